The van der Waals surface area contributed by atoms with Crippen LogP contribution in [0.2, 0.25) is 0 Å². The van der Waals surface area contributed by atoms with Crippen LogP contribution in [-0.2, 0) is 0 Å². The summed E-state index contributed by atoms with van der Waals surface area (Å²) in [6, 6.07) is 0. The van der Waals surface area contributed by atoms with Crippen LogP contribution < -0.4 is 0 Å². The lowest BCUT2D eigenvalue weighted by Crippen LogP contribution is -2.38. The summed E-state index contributed by atoms with van der Waals surface area (Å²) < 4.78 is 0. The Labute approximate surface area is 104 Å². The Hall–Kier alpha value is -0.340. The van der Waals surface area contributed by atoms with Gasteiger partial charge < -0.3 is 10.2 Å². The van der Waals surface area contributed by atoms with E-state index in [2.05, 4.69) is 27.7 Å². The summed E-state index contributed by atoms with van der Waals surface area (Å²) in [4.78, 5) is 0. The predicted molar refractivity (Wildman–Crippen MR) is 67.4 cm³/mol. The van der Waals surface area contributed by atoms with E-state index in [1.54, 1.807) is 0 Å². The summed E-state index contributed by atoms with van der Waals surface area (Å²) in [5.74, 6) is 1.07. The molecule has 3 rings (SSSR count). The van der Waals surface area contributed by atoms with Gasteiger partial charge in [-0.15, -0.1) is 0 Å². The first-order chi connectivity index (χ1) is 7.77. The second-order valence-electron chi connectivity index (χ2n) is 7.47. The highest BCUT2D eigenvalue weighted by Gasteiger charge is 2.63. The van der Waals surface area contributed by atoms with E-state index in [-0.39, 0.29) is 23.5 Å². The first kappa shape index (κ1) is 11.7. The summed E-state index contributed by atoms with van der Waals surface area (Å²) in [7, 11) is 0. The van der Waals surface area contributed by atoms with Crippen LogP contribution in [0.5, 0.6) is 0 Å². The van der Waals surface area contributed by atoms with E-state index in [0.717, 1.165) is 12.8 Å². The van der Waals surface area contributed by atoms with E-state index in [9.17, 15) is 10.2 Å². The van der Waals surface area contributed by atoms with Crippen LogP contribution >= 0.6 is 0 Å². The zero-order valence-corrected chi connectivity index (χ0v) is 11.3. The van der Waals surface area contributed by atoms with Crippen LogP contribution in [0.3, 0.4) is 0 Å². The Bertz CT molecular complexity index is 384. The third-order valence-corrected chi connectivity index (χ3v) is 5.93. The van der Waals surface area contributed by atoms with Crippen LogP contribution in [0.15, 0.2) is 11.6 Å². The second kappa shape index (κ2) is 3.16. The molecule has 0 aliphatic heterocycles. The van der Waals surface area contributed by atoms with Crippen molar-refractivity contribution in [3.05, 3.63) is 11.6 Å². The predicted octanol–water partition coefficient (Wildman–Crippen LogP) is 2.36. The molecule has 17 heavy (non-hydrogen) atoms. The molecule has 0 heterocycles. The van der Waals surface area contributed by atoms with Crippen molar-refractivity contribution in [3.8, 4) is 0 Å². The van der Waals surface area contributed by atoms with Gasteiger partial charge in [-0.3, -0.25) is 0 Å². The summed E-state index contributed by atoms with van der Waals surface area (Å²) in [6.45, 7) is 8.81. The number of hydrogen-bond acceptors (Lipinski definition) is 2. The molecule has 2 saturated carbocycles. The molecule has 3 aliphatic rings. The van der Waals surface area contributed by atoms with Gasteiger partial charge in [0, 0.05) is 5.41 Å². The summed E-state index contributed by atoms with van der Waals surface area (Å²) in [5, 5.41) is 20.7. The minimum absolute atomic E-state index is 0.154. The third-order valence-electron chi connectivity index (χ3n) is 5.93. The number of aliphatic hydroxyl groups excluding tert-OH is 2. The molecule has 3 aliphatic carbocycles. The molecule has 0 saturated heterocycles. The minimum atomic E-state index is -0.366. The largest absolute Gasteiger partial charge is 0.392 e. The van der Waals surface area contributed by atoms with Gasteiger partial charge in [0.2, 0.25) is 0 Å². The molecule has 0 bridgehead atoms. The zero-order valence-electron chi connectivity index (χ0n) is 11.3. The van der Waals surface area contributed by atoms with E-state index in [1.165, 1.54) is 5.57 Å². The summed E-state index contributed by atoms with van der Waals surface area (Å²) >= 11 is 0. The maximum atomic E-state index is 10.7. The monoisotopic (exact) mass is 236 g/mol. The first-order valence-corrected chi connectivity index (χ1v) is 6.86. The second-order valence-corrected chi connectivity index (χ2v) is 7.47. The van der Waals surface area contributed by atoms with Crippen molar-refractivity contribution in [2.75, 3.05) is 0 Å². The van der Waals surface area contributed by atoms with E-state index in [1.807, 2.05) is 6.08 Å². The van der Waals surface area contributed by atoms with E-state index >= 15 is 0 Å². The Morgan fingerprint density at radius 2 is 1.82 bits per heavy atom. The highest BCUT2D eigenvalue weighted by molar-refractivity contribution is 5.36. The van der Waals surface area contributed by atoms with E-state index in [4.69, 9.17) is 0 Å². The lowest BCUT2D eigenvalue weighted by atomic mass is 9.72. The van der Waals surface area contributed by atoms with Gasteiger partial charge in [0.05, 0.1) is 12.2 Å². The fourth-order valence-corrected chi connectivity index (χ4v) is 4.82. The SMILES string of the molecule is CC1C(O)C=C2C3CC(C)(C)CC3C(O)C21C. The fraction of sp³-hybridized carbons (Fsp3) is 0.867. The van der Waals surface area contributed by atoms with Crippen molar-refractivity contribution in [1.29, 1.82) is 0 Å². The van der Waals surface area contributed by atoms with Crippen LogP contribution in [-0.4, -0.2) is 22.4 Å². The van der Waals surface area contributed by atoms with E-state index < -0.39 is 0 Å². The average molecular weight is 236 g/mol. The lowest BCUT2D eigenvalue weighted by molar-refractivity contribution is -0.0106. The Morgan fingerprint density at radius 3 is 2.47 bits per heavy atom. The number of aliphatic hydroxyl groups is 2. The Kier molecular flexibility index (Phi) is 2.18. The van der Waals surface area contributed by atoms with Gasteiger partial charge in [-0.2, -0.15) is 0 Å². The molecule has 0 radical (unpaired) electrons. The molecular weight excluding hydrogens is 212 g/mol. The molecule has 6 unspecified atom stereocenters. The number of rotatable bonds is 0. The molecule has 0 spiro atoms. The van der Waals surface area contributed by atoms with Gasteiger partial charge in [-0.1, -0.05) is 39.3 Å². The van der Waals surface area contributed by atoms with Crippen molar-refractivity contribution >= 4 is 0 Å². The molecule has 6 atom stereocenters. The highest BCUT2D eigenvalue weighted by atomic mass is 16.3. The van der Waals surface area contributed by atoms with Crippen LogP contribution in [0, 0.1) is 28.6 Å². The summed E-state index contributed by atoms with van der Waals surface area (Å²) in [6.07, 6.45) is 3.69. The van der Waals surface area contributed by atoms with Gasteiger partial charge in [0.25, 0.3) is 0 Å². The molecule has 2 fully saturated rings. The Balaban J connectivity index is 2.02. The van der Waals surface area contributed by atoms with Crippen molar-refractivity contribution in [3.63, 3.8) is 0 Å². The standard InChI is InChI=1S/C15H24O2/c1-8-12(16)5-11-9-6-14(2,3)7-10(9)13(17)15(8,11)4/h5,8-10,12-13,16-17H,6-7H2,1-4H3. The number of fused-ring (bicyclic) bond motifs is 3. The van der Waals surface area contributed by atoms with Crippen molar-refractivity contribution < 1.29 is 10.2 Å². The first-order valence-electron chi connectivity index (χ1n) is 6.86. The van der Waals surface area contributed by atoms with Gasteiger partial charge >= 0.3 is 0 Å². The smallest absolute Gasteiger partial charge is 0.0758 e. The maximum absolute atomic E-state index is 10.7. The van der Waals surface area contributed by atoms with Crippen LogP contribution in [0.1, 0.15) is 40.5 Å². The third kappa shape index (κ3) is 1.29. The lowest BCUT2D eigenvalue weighted by Gasteiger charge is -2.35. The summed E-state index contributed by atoms with van der Waals surface area (Å²) in [5.41, 5.74) is 1.51. The van der Waals surface area contributed by atoms with Gasteiger partial charge in [-0.05, 0) is 36.0 Å². The normalized spacial score (nSPS) is 55.6. The van der Waals surface area contributed by atoms with Crippen LogP contribution in [0.25, 0.3) is 0 Å². The quantitative estimate of drug-likeness (QED) is 0.634. The van der Waals surface area contributed by atoms with Gasteiger partial charge in [0.1, 0.15) is 0 Å². The van der Waals surface area contributed by atoms with Gasteiger partial charge in [-0.25, -0.2) is 0 Å². The maximum Gasteiger partial charge on any atom is 0.0758 e. The van der Waals surface area contributed by atoms with Crippen molar-refractivity contribution in [2.45, 2.75) is 52.7 Å². The molecule has 2 heteroatoms. The van der Waals surface area contributed by atoms with Gasteiger partial charge in [0.15, 0.2) is 0 Å². The molecule has 96 valence electrons. The molecule has 2 N–H and O–H groups in total. The topological polar surface area (TPSA) is 40.5 Å². The molecule has 0 aromatic carbocycles. The molecular formula is C15H24O2. The molecule has 0 aromatic heterocycles. The van der Waals surface area contributed by atoms with Crippen molar-refractivity contribution in [2.24, 2.45) is 28.6 Å². The number of hydrogen-bond donors (Lipinski definition) is 2. The fourth-order valence-electron chi connectivity index (χ4n) is 4.82. The Morgan fingerprint density at radius 1 is 1.18 bits per heavy atom. The average Bonchev–Trinajstić information content (AvgIpc) is 2.73. The molecule has 0 amide bonds. The van der Waals surface area contributed by atoms with Crippen LogP contribution in [0.4, 0.5) is 0 Å². The molecule has 2 nitrogen and oxygen atoms in total. The zero-order chi connectivity index (χ0) is 12.6. The molecule has 0 aromatic rings. The van der Waals surface area contributed by atoms with E-state index in [0.29, 0.717) is 17.3 Å². The minimum Gasteiger partial charge on any atom is -0.392 e. The van der Waals surface area contributed by atoms with Crippen molar-refractivity contribution in [1.82, 2.24) is 0 Å². The highest BCUT2D eigenvalue weighted by Crippen LogP contribution is 2.65.